The van der Waals surface area contributed by atoms with Crippen LogP contribution in [0.15, 0.2) is 20.2 Å². The summed E-state index contributed by atoms with van der Waals surface area (Å²) in [5, 5.41) is 4.83. The summed E-state index contributed by atoms with van der Waals surface area (Å²) in [6, 6.07) is 0. The number of sulfonamides is 1. The van der Waals surface area contributed by atoms with E-state index < -0.39 is 26.9 Å². The molecule has 2 N–H and O–H groups in total. The fourth-order valence-electron chi connectivity index (χ4n) is 0.907. The van der Waals surface area contributed by atoms with Gasteiger partial charge in [0.05, 0.1) is 10.0 Å². The molecule has 0 saturated heterocycles. The first-order chi connectivity index (χ1) is 6.75. The Morgan fingerprint density at radius 3 is 2.33 bits per heavy atom. The van der Waals surface area contributed by atoms with Crippen molar-refractivity contribution < 1.29 is 17.2 Å². The predicted molar refractivity (Wildman–Crippen MR) is 56.0 cm³/mol. The van der Waals surface area contributed by atoms with Gasteiger partial charge in [0.1, 0.15) is 9.50 Å². The third-order valence-electron chi connectivity index (χ3n) is 1.48. The molecule has 0 unspecified atom stereocenters. The number of halogens is 4. The van der Waals surface area contributed by atoms with Gasteiger partial charge in [-0.25, -0.2) is 27.3 Å². The minimum absolute atomic E-state index is 0.0934. The van der Waals surface area contributed by atoms with Gasteiger partial charge in [-0.1, -0.05) is 0 Å². The molecule has 0 saturated carbocycles. The van der Waals surface area contributed by atoms with Crippen LogP contribution in [0.3, 0.4) is 0 Å². The zero-order valence-electron chi connectivity index (χ0n) is 6.92. The van der Waals surface area contributed by atoms with E-state index in [0.29, 0.717) is 0 Å². The summed E-state index contributed by atoms with van der Waals surface area (Å²) in [6.45, 7) is 0. The maximum absolute atomic E-state index is 12.5. The molecule has 0 fully saturated rings. The first kappa shape index (κ1) is 12.9. The summed E-state index contributed by atoms with van der Waals surface area (Å²) >= 11 is 5.73. The van der Waals surface area contributed by atoms with E-state index in [9.17, 15) is 17.2 Å². The summed E-state index contributed by atoms with van der Waals surface area (Å²) in [4.78, 5) is 2.89. The molecule has 0 aliphatic heterocycles. The van der Waals surface area contributed by atoms with Crippen molar-refractivity contribution in [2.45, 2.75) is 11.3 Å². The van der Waals surface area contributed by atoms with E-state index in [1.165, 1.54) is 0 Å². The number of pyridine rings is 1. The van der Waals surface area contributed by atoms with Crippen LogP contribution in [0, 0.1) is 0 Å². The van der Waals surface area contributed by atoms with Crippen LogP contribution in [-0.2, 0) is 10.0 Å². The number of nitrogens with two attached hydrogens (primary N) is 1. The van der Waals surface area contributed by atoms with E-state index in [0.717, 1.165) is 6.20 Å². The van der Waals surface area contributed by atoms with Crippen molar-refractivity contribution in [1.82, 2.24) is 4.98 Å². The van der Waals surface area contributed by atoms with Crippen molar-refractivity contribution in [1.29, 1.82) is 0 Å². The number of alkyl halides is 2. The summed E-state index contributed by atoms with van der Waals surface area (Å²) in [7, 11) is -4.23. The molecule has 15 heavy (non-hydrogen) atoms. The van der Waals surface area contributed by atoms with Gasteiger partial charge in [0, 0.05) is 6.20 Å². The summed E-state index contributed by atoms with van der Waals surface area (Å²) in [6.07, 6.45) is -2.20. The Morgan fingerprint density at radius 2 is 1.93 bits per heavy atom. The number of aromatic nitrogens is 1. The summed E-state index contributed by atoms with van der Waals surface area (Å²) in [5.74, 6) is 0. The van der Waals surface area contributed by atoms with Crippen LogP contribution < -0.4 is 5.14 Å². The first-order valence-corrected chi connectivity index (χ1v) is 6.53. The lowest BCUT2D eigenvalue weighted by molar-refractivity contribution is 0.147. The van der Waals surface area contributed by atoms with Gasteiger partial charge in [-0.15, -0.1) is 0 Å². The molecule has 0 atom stereocenters. The second-order valence-electron chi connectivity index (χ2n) is 2.49. The Bertz CT molecular complexity index is 492. The molecule has 1 heterocycles. The highest BCUT2D eigenvalue weighted by molar-refractivity contribution is 9.13. The van der Waals surface area contributed by atoms with Gasteiger partial charge in [0.2, 0.25) is 10.0 Å². The van der Waals surface area contributed by atoms with Crippen molar-refractivity contribution >= 4 is 41.9 Å². The SMILES string of the molecule is NS(=O)(=O)c1c(C(F)F)cnc(Br)c1Br. The average molecular weight is 366 g/mol. The lowest BCUT2D eigenvalue weighted by atomic mass is 10.3. The van der Waals surface area contributed by atoms with Crippen LogP contribution in [0.5, 0.6) is 0 Å². The van der Waals surface area contributed by atoms with Crippen molar-refractivity contribution in [3.05, 3.63) is 20.8 Å². The normalized spacial score (nSPS) is 12.1. The van der Waals surface area contributed by atoms with E-state index in [-0.39, 0.29) is 9.08 Å². The smallest absolute Gasteiger partial charge is 0.248 e. The fraction of sp³-hybridized carbons (Fsp3) is 0.167. The zero-order chi connectivity index (χ0) is 11.8. The molecule has 1 rings (SSSR count). The van der Waals surface area contributed by atoms with Crippen LogP contribution in [0.4, 0.5) is 8.78 Å². The van der Waals surface area contributed by atoms with Crippen LogP contribution in [0.1, 0.15) is 12.0 Å². The minimum Gasteiger partial charge on any atom is -0.248 e. The van der Waals surface area contributed by atoms with E-state index >= 15 is 0 Å². The van der Waals surface area contributed by atoms with Gasteiger partial charge in [0.25, 0.3) is 6.43 Å². The highest BCUT2D eigenvalue weighted by atomic mass is 79.9. The predicted octanol–water partition coefficient (Wildman–Crippen LogP) is 2.19. The van der Waals surface area contributed by atoms with Gasteiger partial charge < -0.3 is 0 Å². The molecular weight excluding hydrogens is 362 g/mol. The Balaban J connectivity index is 3.65. The van der Waals surface area contributed by atoms with Crippen LogP contribution in [-0.4, -0.2) is 13.4 Å². The Kier molecular flexibility index (Phi) is 3.80. The molecule has 84 valence electrons. The van der Waals surface area contributed by atoms with Gasteiger partial charge >= 0.3 is 0 Å². The number of nitrogens with zero attached hydrogens (tertiary/aromatic N) is 1. The molecule has 0 aliphatic carbocycles. The summed E-state index contributed by atoms with van der Waals surface area (Å²) < 4.78 is 47.1. The average Bonchev–Trinajstić information content (AvgIpc) is 2.06. The number of hydrogen-bond donors (Lipinski definition) is 1. The largest absolute Gasteiger partial charge is 0.266 e. The highest BCUT2D eigenvalue weighted by Crippen LogP contribution is 2.34. The van der Waals surface area contributed by atoms with Crippen molar-refractivity contribution in [2.24, 2.45) is 5.14 Å². The second kappa shape index (κ2) is 4.40. The maximum atomic E-state index is 12.5. The second-order valence-corrected chi connectivity index (χ2v) is 5.54. The molecule has 4 nitrogen and oxygen atoms in total. The fourth-order valence-corrected chi connectivity index (χ4v) is 3.16. The monoisotopic (exact) mass is 364 g/mol. The van der Waals surface area contributed by atoms with Crippen molar-refractivity contribution in [3.63, 3.8) is 0 Å². The molecule has 0 aromatic carbocycles. The quantitative estimate of drug-likeness (QED) is 0.816. The van der Waals surface area contributed by atoms with Crippen LogP contribution in [0.25, 0.3) is 0 Å². The van der Waals surface area contributed by atoms with E-state index in [1.807, 2.05) is 0 Å². The van der Waals surface area contributed by atoms with Crippen LogP contribution >= 0.6 is 31.9 Å². The number of primary sulfonamides is 1. The minimum atomic E-state index is -4.23. The molecular formula is C6H4Br2F2N2O2S. The maximum Gasteiger partial charge on any atom is 0.266 e. The van der Waals surface area contributed by atoms with Gasteiger partial charge in [-0.2, -0.15) is 0 Å². The lowest BCUT2D eigenvalue weighted by Gasteiger charge is -2.09. The molecule has 0 radical (unpaired) electrons. The van der Waals surface area contributed by atoms with Gasteiger partial charge in [-0.05, 0) is 31.9 Å². The Morgan fingerprint density at radius 1 is 1.40 bits per heavy atom. The van der Waals surface area contributed by atoms with E-state index in [4.69, 9.17) is 5.14 Å². The molecule has 0 bridgehead atoms. The molecule has 1 aromatic heterocycles. The first-order valence-electron chi connectivity index (χ1n) is 3.40. The third kappa shape index (κ3) is 2.71. The Labute approximate surface area is 101 Å². The molecule has 1 aromatic rings. The molecule has 0 aliphatic rings. The number of hydrogen-bond acceptors (Lipinski definition) is 3. The number of rotatable bonds is 2. The van der Waals surface area contributed by atoms with Crippen molar-refractivity contribution in [3.8, 4) is 0 Å². The van der Waals surface area contributed by atoms with Gasteiger partial charge in [0.15, 0.2) is 0 Å². The molecule has 0 amide bonds. The third-order valence-corrected chi connectivity index (χ3v) is 4.66. The molecule has 0 spiro atoms. The van der Waals surface area contributed by atoms with E-state index in [1.54, 1.807) is 0 Å². The van der Waals surface area contributed by atoms with E-state index in [2.05, 4.69) is 36.8 Å². The zero-order valence-corrected chi connectivity index (χ0v) is 10.9. The standard InChI is InChI=1S/C6H4Br2F2N2O2S/c7-3-4(15(11,13)14)2(6(9)10)1-12-5(3)8/h1,6H,(H2,11,13,14). The lowest BCUT2D eigenvalue weighted by Crippen LogP contribution is -2.16. The van der Waals surface area contributed by atoms with Crippen molar-refractivity contribution in [2.75, 3.05) is 0 Å². The topological polar surface area (TPSA) is 73.1 Å². The van der Waals surface area contributed by atoms with Crippen LogP contribution in [0.2, 0.25) is 0 Å². The van der Waals surface area contributed by atoms with Gasteiger partial charge in [-0.3, -0.25) is 0 Å². The molecule has 9 heteroatoms. The highest BCUT2D eigenvalue weighted by Gasteiger charge is 2.25. The Hall–Kier alpha value is -0.120. The summed E-state index contributed by atoms with van der Waals surface area (Å²) in [5.41, 5.74) is -0.729.